The van der Waals surface area contributed by atoms with Crippen molar-refractivity contribution in [2.75, 3.05) is 0 Å². The van der Waals surface area contributed by atoms with Gasteiger partial charge < -0.3 is 5.11 Å². The van der Waals surface area contributed by atoms with Gasteiger partial charge in [0.25, 0.3) is 0 Å². The van der Waals surface area contributed by atoms with E-state index in [1.54, 1.807) is 24.4 Å². The summed E-state index contributed by atoms with van der Waals surface area (Å²) in [5.41, 5.74) is 3.12. The first-order chi connectivity index (χ1) is 14.2. The van der Waals surface area contributed by atoms with E-state index in [1.807, 2.05) is 24.3 Å². The van der Waals surface area contributed by atoms with Gasteiger partial charge >= 0.3 is 35.6 Å². The van der Waals surface area contributed by atoms with Crippen LogP contribution in [0.5, 0.6) is 5.75 Å². The van der Waals surface area contributed by atoms with E-state index < -0.39 is 28.7 Å². The fourth-order valence-corrected chi connectivity index (χ4v) is 2.80. The van der Waals surface area contributed by atoms with Gasteiger partial charge in [-0.1, -0.05) is 45.0 Å². The van der Waals surface area contributed by atoms with Crippen LogP contribution in [0.3, 0.4) is 0 Å². The Hall–Kier alpha value is -1.72. The molecule has 0 aliphatic heterocycles. The first kappa shape index (κ1) is 24.6. The van der Waals surface area contributed by atoms with Crippen LogP contribution in [0.4, 0.5) is 14.5 Å². The van der Waals surface area contributed by atoms with Crippen molar-refractivity contribution < 1.29 is 30.9 Å². The minimum atomic E-state index is -0.692. The van der Waals surface area contributed by atoms with Crippen molar-refractivity contribution in [2.24, 2.45) is 4.99 Å². The van der Waals surface area contributed by atoms with Gasteiger partial charge in [-0.05, 0) is 46.9 Å². The summed E-state index contributed by atoms with van der Waals surface area (Å²) in [7, 11) is 9.78. The van der Waals surface area contributed by atoms with Gasteiger partial charge in [-0.15, -0.1) is 0 Å². The molecule has 3 aromatic rings. The van der Waals surface area contributed by atoms with Crippen molar-refractivity contribution in [3.8, 4) is 16.9 Å². The monoisotopic (exact) mass is 483 g/mol. The Morgan fingerprint density at radius 2 is 1.50 bits per heavy atom. The zero-order valence-corrected chi connectivity index (χ0v) is 19.8. The van der Waals surface area contributed by atoms with Crippen LogP contribution in [0.2, 0.25) is 0 Å². The van der Waals surface area contributed by atoms with Crippen molar-refractivity contribution in [1.82, 2.24) is 0 Å². The Balaban J connectivity index is 0.00000101. The predicted molar refractivity (Wildman–Crippen MR) is 118 cm³/mol. The number of benzene rings is 3. The molecule has 0 atom stereocenters. The SMILES string of the molecule is CC(C)(C)c1ccc(N=Cc2cccc(-c3cc(F)cc(F)c3)c2O)cc1.[Cl][Ti][Cl]. The zero-order chi connectivity index (χ0) is 22.3. The number of aliphatic imine (C=N–C) groups is 1. The summed E-state index contributed by atoms with van der Waals surface area (Å²) in [4.78, 5) is 4.40. The van der Waals surface area contributed by atoms with E-state index in [-0.39, 0.29) is 16.7 Å². The number of halogens is 4. The van der Waals surface area contributed by atoms with E-state index in [1.165, 1.54) is 17.7 Å². The summed E-state index contributed by atoms with van der Waals surface area (Å²) in [5, 5.41) is 10.5. The normalized spacial score (nSPS) is 11.2. The molecule has 0 aliphatic carbocycles. The summed E-state index contributed by atoms with van der Waals surface area (Å²) in [6.45, 7) is 6.43. The Morgan fingerprint density at radius 3 is 2.03 bits per heavy atom. The van der Waals surface area contributed by atoms with Gasteiger partial charge in [0.15, 0.2) is 0 Å². The molecule has 0 saturated heterocycles. The van der Waals surface area contributed by atoms with Crippen molar-refractivity contribution >= 4 is 30.5 Å². The maximum atomic E-state index is 13.5. The molecule has 3 aromatic carbocycles. The van der Waals surface area contributed by atoms with Crippen LogP contribution >= 0.6 is 18.6 Å². The van der Waals surface area contributed by atoms with E-state index in [0.29, 0.717) is 11.1 Å². The second kappa shape index (κ2) is 11.1. The molecule has 0 radical (unpaired) electrons. The van der Waals surface area contributed by atoms with Crippen LogP contribution in [-0.2, 0) is 22.4 Å². The second-order valence-electron chi connectivity index (χ2n) is 7.53. The Morgan fingerprint density at radius 1 is 0.933 bits per heavy atom. The third-order valence-electron chi connectivity index (χ3n) is 4.33. The average molecular weight is 484 g/mol. The number of nitrogens with zero attached hydrogens (tertiary/aromatic N) is 1. The van der Waals surface area contributed by atoms with Crippen molar-refractivity contribution in [1.29, 1.82) is 0 Å². The van der Waals surface area contributed by atoms with Crippen LogP contribution in [0.1, 0.15) is 31.9 Å². The summed E-state index contributed by atoms with van der Waals surface area (Å²) in [5.74, 6) is -1.46. The minimum absolute atomic E-state index is 0.0646. The number of para-hydroxylation sites is 1. The molecule has 30 heavy (non-hydrogen) atoms. The van der Waals surface area contributed by atoms with E-state index in [4.69, 9.17) is 18.6 Å². The van der Waals surface area contributed by atoms with Crippen molar-refractivity contribution in [3.63, 3.8) is 0 Å². The molecular weight excluding hydrogens is 463 g/mol. The molecule has 0 unspecified atom stereocenters. The third kappa shape index (κ3) is 6.92. The number of phenolic OH excluding ortho intramolecular Hbond substituents is 1. The summed E-state index contributed by atoms with van der Waals surface area (Å²) >= 11 is -0.556. The van der Waals surface area contributed by atoms with Crippen LogP contribution in [0.25, 0.3) is 11.1 Å². The number of aromatic hydroxyl groups is 1. The van der Waals surface area contributed by atoms with Crippen LogP contribution < -0.4 is 0 Å². The van der Waals surface area contributed by atoms with Gasteiger partial charge in [0, 0.05) is 23.4 Å². The van der Waals surface area contributed by atoms with E-state index >= 15 is 0 Å². The molecule has 0 spiro atoms. The molecule has 7 heteroatoms. The number of rotatable bonds is 3. The quantitative estimate of drug-likeness (QED) is 0.299. The van der Waals surface area contributed by atoms with Crippen molar-refractivity contribution in [2.45, 2.75) is 26.2 Å². The van der Waals surface area contributed by atoms with Gasteiger partial charge in [0.2, 0.25) is 0 Å². The number of hydrogen-bond acceptors (Lipinski definition) is 2. The topological polar surface area (TPSA) is 32.6 Å². The Kier molecular flexibility index (Phi) is 9.05. The van der Waals surface area contributed by atoms with Gasteiger partial charge in [0.05, 0.1) is 5.69 Å². The first-order valence-electron chi connectivity index (χ1n) is 9.05. The van der Waals surface area contributed by atoms with Gasteiger partial charge in [-0.3, -0.25) is 4.99 Å². The van der Waals surface area contributed by atoms with E-state index in [0.717, 1.165) is 11.8 Å². The molecule has 0 saturated carbocycles. The Bertz CT molecular complexity index is 998. The molecule has 0 fully saturated rings. The van der Waals surface area contributed by atoms with Gasteiger partial charge in [-0.2, -0.15) is 0 Å². The zero-order valence-electron chi connectivity index (χ0n) is 16.8. The Labute approximate surface area is 192 Å². The van der Waals surface area contributed by atoms with Gasteiger partial charge in [0.1, 0.15) is 17.4 Å². The summed E-state index contributed by atoms with van der Waals surface area (Å²) in [6.07, 6.45) is 1.54. The molecule has 0 aliphatic rings. The molecule has 1 N–H and O–H groups in total. The van der Waals surface area contributed by atoms with Gasteiger partial charge in [-0.25, -0.2) is 8.78 Å². The maximum absolute atomic E-state index is 13.5. The molecular formula is C23H21Cl2F2NOTi. The number of hydrogen-bond donors (Lipinski definition) is 1. The van der Waals surface area contributed by atoms with E-state index in [9.17, 15) is 13.9 Å². The average Bonchev–Trinajstić information content (AvgIpc) is 2.67. The van der Waals surface area contributed by atoms with E-state index in [2.05, 4.69) is 25.8 Å². The molecule has 0 bridgehead atoms. The standard InChI is InChI=1S/C23H21F2NO.2ClH.Ti/c1-23(2,3)17-7-9-20(10-8-17)26-14-15-5-4-6-21(22(15)27)16-11-18(24)13-19(25)12-16;;;/h4-14,27H,1-3H3;2*1H;/q;;;+2/p-2. The van der Waals surface area contributed by atoms with Crippen LogP contribution in [0, 0.1) is 11.6 Å². The molecule has 0 heterocycles. The second-order valence-corrected chi connectivity index (χ2v) is 10.1. The van der Waals surface area contributed by atoms with Crippen LogP contribution in [0.15, 0.2) is 65.7 Å². The molecule has 0 aromatic heterocycles. The summed E-state index contributed by atoms with van der Waals surface area (Å²) < 4.78 is 27.0. The third-order valence-corrected chi connectivity index (χ3v) is 4.33. The molecule has 156 valence electrons. The summed E-state index contributed by atoms with van der Waals surface area (Å²) in [6, 6.07) is 16.1. The van der Waals surface area contributed by atoms with Crippen LogP contribution in [-0.4, -0.2) is 11.3 Å². The number of phenols is 1. The predicted octanol–water partition coefficient (Wildman–Crippen LogP) is 7.76. The fourth-order valence-electron chi connectivity index (χ4n) is 2.80. The molecule has 0 amide bonds. The first-order valence-corrected chi connectivity index (χ1v) is 13.3. The molecule has 2 nitrogen and oxygen atoms in total. The van der Waals surface area contributed by atoms with Crippen molar-refractivity contribution in [3.05, 3.63) is 83.4 Å². The fraction of sp³-hybridized carbons (Fsp3) is 0.174. The molecule has 3 rings (SSSR count).